The third-order valence-corrected chi connectivity index (χ3v) is 10.1. The summed E-state index contributed by atoms with van der Waals surface area (Å²) < 4.78 is 40.0. The Labute approximate surface area is 200 Å². The minimum atomic E-state index is -3.71. The number of nitrogens with zero attached hydrogens (tertiary/aromatic N) is 2. The number of rotatable bonds is 4. The Balaban J connectivity index is 1.49. The second kappa shape index (κ2) is 9.34. The molecule has 0 saturated carbocycles. The van der Waals surface area contributed by atoms with Gasteiger partial charge in [0.1, 0.15) is 6.61 Å². The van der Waals surface area contributed by atoms with Crippen LogP contribution in [0.15, 0.2) is 42.0 Å². The van der Waals surface area contributed by atoms with Gasteiger partial charge in [-0.3, -0.25) is 4.79 Å². The monoisotopic (exact) mass is 488 g/mol. The van der Waals surface area contributed by atoms with Gasteiger partial charge in [-0.05, 0) is 38.2 Å². The number of esters is 1. The van der Waals surface area contributed by atoms with Crippen molar-refractivity contribution in [1.82, 2.24) is 9.21 Å². The summed E-state index contributed by atoms with van der Waals surface area (Å²) in [4.78, 5) is 28.1. The van der Waals surface area contributed by atoms with Gasteiger partial charge in [0.25, 0.3) is 0 Å². The van der Waals surface area contributed by atoms with Gasteiger partial charge in [-0.2, -0.15) is 4.31 Å². The van der Waals surface area contributed by atoms with Crippen LogP contribution in [0.4, 0.5) is 4.79 Å². The van der Waals surface area contributed by atoms with Crippen molar-refractivity contribution in [1.29, 1.82) is 0 Å². The number of hydrogen-bond donors (Lipinski definition) is 0. The molecule has 5 rings (SSSR count). The highest BCUT2D eigenvalue weighted by atomic mass is 32.2. The average molecular weight is 489 g/mol. The molecule has 184 valence electrons. The Morgan fingerprint density at radius 3 is 2.62 bits per heavy atom. The molecule has 0 aromatic heterocycles. The predicted molar refractivity (Wildman–Crippen MR) is 125 cm³/mol. The summed E-state index contributed by atoms with van der Waals surface area (Å²) in [6, 6.07) is 8.63. The number of hydrogen-bond acceptors (Lipinski definition) is 6. The van der Waals surface area contributed by atoms with Gasteiger partial charge in [-0.15, -0.1) is 0 Å². The molecule has 34 heavy (non-hydrogen) atoms. The standard InChI is InChI=1S/C25H32N2O6S/c1-2-32-24(28)21-22-18(15-19-20-12-6-7-14-27(20)34(30,31)23(19)21)11-8-13-26(22)25(29)33-16-17-9-4-3-5-10-17/h3-5,9-10,15,19-23H,2,6-8,11-14,16H2,1H3/t19-,20-,21-,22?,23-/m1/s1. The fourth-order valence-electron chi connectivity index (χ4n) is 6.32. The molecule has 1 aromatic rings. The quantitative estimate of drug-likeness (QED) is 0.478. The van der Waals surface area contributed by atoms with Crippen LogP contribution in [0.25, 0.3) is 0 Å². The maximum absolute atomic E-state index is 13.7. The fourth-order valence-corrected chi connectivity index (χ4v) is 8.93. The molecule has 3 saturated heterocycles. The van der Waals surface area contributed by atoms with Crippen molar-refractivity contribution >= 4 is 22.1 Å². The van der Waals surface area contributed by atoms with Crippen LogP contribution in [0.3, 0.4) is 0 Å². The van der Waals surface area contributed by atoms with E-state index in [4.69, 9.17) is 9.47 Å². The van der Waals surface area contributed by atoms with Crippen LogP contribution in [0.1, 0.15) is 44.6 Å². The van der Waals surface area contributed by atoms with Crippen LogP contribution in [-0.2, 0) is 30.9 Å². The third-order valence-electron chi connectivity index (χ3n) is 7.67. The number of fused-ring (bicyclic) bond motifs is 4. The Morgan fingerprint density at radius 1 is 1.06 bits per heavy atom. The lowest BCUT2D eigenvalue weighted by Crippen LogP contribution is -2.58. The van der Waals surface area contributed by atoms with E-state index in [0.717, 1.165) is 43.2 Å². The highest BCUT2D eigenvalue weighted by Crippen LogP contribution is 2.50. The van der Waals surface area contributed by atoms with Crippen molar-refractivity contribution in [2.75, 3.05) is 19.7 Å². The molecule has 3 fully saturated rings. The molecular formula is C25H32N2O6S. The Kier molecular flexibility index (Phi) is 6.41. The first-order valence-electron chi connectivity index (χ1n) is 12.3. The number of piperidine rings is 2. The molecule has 8 nitrogen and oxygen atoms in total. The van der Waals surface area contributed by atoms with Gasteiger partial charge in [-0.25, -0.2) is 13.2 Å². The fraction of sp³-hybridized carbons (Fsp3) is 0.600. The van der Waals surface area contributed by atoms with Gasteiger partial charge in [0.05, 0.1) is 23.8 Å². The molecule has 1 aromatic carbocycles. The number of ether oxygens (including phenoxy) is 2. The van der Waals surface area contributed by atoms with Gasteiger partial charge < -0.3 is 14.4 Å². The summed E-state index contributed by atoms with van der Waals surface area (Å²) >= 11 is 0. The normalized spacial score (nSPS) is 32.1. The number of benzene rings is 1. The summed E-state index contributed by atoms with van der Waals surface area (Å²) in [7, 11) is -3.71. The number of amides is 1. The van der Waals surface area contributed by atoms with Gasteiger partial charge in [0.15, 0.2) is 0 Å². The van der Waals surface area contributed by atoms with Crippen LogP contribution in [0, 0.1) is 11.8 Å². The second-order valence-electron chi connectivity index (χ2n) is 9.56. The molecule has 1 amide bonds. The van der Waals surface area contributed by atoms with Gasteiger partial charge in [0.2, 0.25) is 10.0 Å². The Hall–Kier alpha value is -2.39. The zero-order chi connectivity index (χ0) is 23.9. The van der Waals surface area contributed by atoms with Crippen molar-refractivity contribution in [3.05, 3.63) is 47.5 Å². The molecule has 5 atom stereocenters. The zero-order valence-electron chi connectivity index (χ0n) is 19.5. The first-order chi connectivity index (χ1) is 16.4. The number of carbonyl (C=O) groups excluding carboxylic acids is 2. The Bertz CT molecular complexity index is 1070. The highest BCUT2D eigenvalue weighted by molar-refractivity contribution is 7.90. The van der Waals surface area contributed by atoms with E-state index in [9.17, 15) is 18.0 Å². The molecular weight excluding hydrogens is 456 g/mol. The molecule has 0 radical (unpaired) electrons. The predicted octanol–water partition coefficient (Wildman–Crippen LogP) is 3.09. The SMILES string of the molecule is CCOC(=O)[C@@H]1C2C(=C[C@H]3[C@H]1S(=O)(=O)N1CCCC[C@H]31)CCCN2C(=O)OCc1ccccc1. The molecule has 1 unspecified atom stereocenters. The van der Waals surface area contributed by atoms with Crippen molar-refractivity contribution in [2.24, 2.45) is 11.8 Å². The molecule has 3 aliphatic heterocycles. The van der Waals surface area contributed by atoms with Crippen molar-refractivity contribution in [3.63, 3.8) is 0 Å². The van der Waals surface area contributed by atoms with Gasteiger partial charge in [0, 0.05) is 25.0 Å². The first kappa shape index (κ1) is 23.4. The summed E-state index contributed by atoms with van der Waals surface area (Å²) in [6.45, 7) is 2.90. The lowest BCUT2D eigenvalue weighted by atomic mass is 9.71. The van der Waals surface area contributed by atoms with E-state index in [0.29, 0.717) is 13.1 Å². The molecule has 0 bridgehead atoms. The largest absolute Gasteiger partial charge is 0.466 e. The van der Waals surface area contributed by atoms with E-state index < -0.39 is 39.3 Å². The summed E-state index contributed by atoms with van der Waals surface area (Å²) in [6.07, 6.45) is 5.63. The lowest BCUT2D eigenvalue weighted by molar-refractivity contribution is -0.150. The number of sulfonamides is 1. The molecule has 0 N–H and O–H groups in total. The summed E-state index contributed by atoms with van der Waals surface area (Å²) in [5, 5.41) is -0.911. The summed E-state index contributed by atoms with van der Waals surface area (Å²) in [5.41, 5.74) is 1.83. The minimum absolute atomic E-state index is 0.116. The minimum Gasteiger partial charge on any atom is -0.466 e. The van der Waals surface area contributed by atoms with Crippen LogP contribution in [0.2, 0.25) is 0 Å². The maximum atomic E-state index is 13.7. The molecule has 0 spiro atoms. The van der Waals surface area contributed by atoms with E-state index in [1.54, 1.807) is 16.1 Å². The van der Waals surface area contributed by atoms with E-state index in [1.807, 2.05) is 30.3 Å². The number of likely N-dealkylation sites (tertiary alicyclic amines) is 1. The molecule has 9 heteroatoms. The first-order valence-corrected chi connectivity index (χ1v) is 13.8. The summed E-state index contributed by atoms with van der Waals surface area (Å²) in [5.74, 6) is -1.75. The number of carbonyl (C=O) groups is 2. The van der Waals surface area contributed by atoms with Crippen LogP contribution in [0.5, 0.6) is 0 Å². The van der Waals surface area contributed by atoms with Gasteiger partial charge in [-0.1, -0.05) is 48.4 Å². The van der Waals surface area contributed by atoms with Crippen LogP contribution < -0.4 is 0 Å². The average Bonchev–Trinajstić information content (AvgIpc) is 3.08. The highest BCUT2D eigenvalue weighted by Gasteiger charge is 2.62. The smallest absolute Gasteiger partial charge is 0.410 e. The van der Waals surface area contributed by atoms with Crippen molar-refractivity contribution in [3.8, 4) is 0 Å². The lowest BCUT2D eigenvalue weighted by Gasteiger charge is -2.45. The molecule has 1 aliphatic carbocycles. The maximum Gasteiger partial charge on any atom is 0.410 e. The van der Waals surface area contributed by atoms with Crippen molar-refractivity contribution < 1.29 is 27.5 Å². The van der Waals surface area contributed by atoms with E-state index in [2.05, 4.69) is 6.08 Å². The molecule has 3 heterocycles. The van der Waals surface area contributed by atoms with Crippen LogP contribution >= 0.6 is 0 Å². The van der Waals surface area contributed by atoms with Crippen LogP contribution in [-0.4, -0.2) is 66.7 Å². The van der Waals surface area contributed by atoms with E-state index in [1.165, 1.54) is 0 Å². The van der Waals surface area contributed by atoms with E-state index in [-0.39, 0.29) is 25.2 Å². The zero-order valence-corrected chi connectivity index (χ0v) is 20.3. The molecule has 4 aliphatic rings. The van der Waals surface area contributed by atoms with E-state index >= 15 is 0 Å². The van der Waals surface area contributed by atoms with Crippen molar-refractivity contribution in [2.45, 2.75) is 63.0 Å². The second-order valence-corrected chi connectivity index (χ2v) is 11.6. The third kappa shape index (κ3) is 3.92. The van der Waals surface area contributed by atoms with Gasteiger partial charge >= 0.3 is 12.1 Å². The Morgan fingerprint density at radius 2 is 1.85 bits per heavy atom. The topological polar surface area (TPSA) is 93.2 Å².